The van der Waals surface area contributed by atoms with Crippen molar-refractivity contribution in [2.45, 2.75) is 39.7 Å². The van der Waals surface area contributed by atoms with Crippen LogP contribution in [-0.4, -0.2) is 19.8 Å². The molecule has 0 bridgehead atoms. The predicted octanol–water partition coefficient (Wildman–Crippen LogP) is 3.60. The molecule has 1 aromatic rings. The maximum atomic E-state index is 13.1. The molecule has 1 N–H and O–H groups in total. The molecule has 1 rings (SSSR count). The molecular formula is C15H24FNO. The average molecular weight is 253 g/mol. The van der Waals surface area contributed by atoms with Gasteiger partial charge in [-0.1, -0.05) is 13.0 Å². The molecule has 0 radical (unpaired) electrons. The summed E-state index contributed by atoms with van der Waals surface area (Å²) in [5.74, 6) is -0.166. The van der Waals surface area contributed by atoms with E-state index in [2.05, 4.69) is 12.2 Å². The molecule has 0 saturated carbocycles. The molecule has 0 spiro atoms. The van der Waals surface area contributed by atoms with Crippen LogP contribution in [0.4, 0.5) is 4.39 Å². The van der Waals surface area contributed by atoms with Gasteiger partial charge >= 0.3 is 0 Å². The molecule has 1 atom stereocenters. The Kier molecular flexibility index (Phi) is 6.91. The highest BCUT2D eigenvalue weighted by Gasteiger charge is 2.12. The quantitative estimate of drug-likeness (QED) is 0.715. The Morgan fingerprint density at radius 2 is 2.11 bits per heavy atom. The van der Waals surface area contributed by atoms with Gasteiger partial charge in [-0.05, 0) is 56.5 Å². The van der Waals surface area contributed by atoms with Crippen molar-refractivity contribution < 1.29 is 9.13 Å². The van der Waals surface area contributed by atoms with Crippen LogP contribution in [0, 0.1) is 12.7 Å². The molecule has 0 heterocycles. The second-order valence-corrected chi connectivity index (χ2v) is 4.45. The van der Waals surface area contributed by atoms with Crippen molar-refractivity contribution in [3.05, 3.63) is 35.1 Å². The first-order valence-corrected chi connectivity index (χ1v) is 6.76. The van der Waals surface area contributed by atoms with Crippen molar-refractivity contribution in [2.24, 2.45) is 0 Å². The van der Waals surface area contributed by atoms with E-state index in [9.17, 15) is 4.39 Å². The highest BCUT2D eigenvalue weighted by molar-refractivity contribution is 5.29. The Hall–Kier alpha value is -0.930. The summed E-state index contributed by atoms with van der Waals surface area (Å²) < 4.78 is 18.5. The molecule has 0 fully saturated rings. The Morgan fingerprint density at radius 1 is 1.33 bits per heavy atom. The number of hydrogen-bond acceptors (Lipinski definition) is 2. The van der Waals surface area contributed by atoms with E-state index in [1.54, 1.807) is 6.07 Å². The largest absolute Gasteiger partial charge is 0.382 e. The Balaban J connectivity index is 2.64. The molecule has 1 aromatic carbocycles. The van der Waals surface area contributed by atoms with Gasteiger partial charge < -0.3 is 10.1 Å². The summed E-state index contributed by atoms with van der Waals surface area (Å²) in [5.41, 5.74) is 2.20. The summed E-state index contributed by atoms with van der Waals surface area (Å²) in [4.78, 5) is 0. The summed E-state index contributed by atoms with van der Waals surface area (Å²) in [7, 11) is 0. The number of rotatable bonds is 8. The van der Waals surface area contributed by atoms with E-state index in [0.717, 1.165) is 38.2 Å². The monoisotopic (exact) mass is 253 g/mol. The van der Waals surface area contributed by atoms with Crippen LogP contribution in [0.1, 0.15) is 43.9 Å². The molecule has 0 aliphatic carbocycles. The van der Waals surface area contributed by atoms with E-state index in [-0.39, 0.29) is 11.9 Å². The summed E-state index contributed by atoms with van der Waals surface area (Å²) in [6.07, 6.45) is 2.03. The Labute approximate surface area is 110 Å². The average Bonchev–Trinajstić information content (AvgIpc) is 2.34. The summed E-state index contributed by atoms with van der Waals surface area (Å²) in [6, 6.07) is 5.31. The van der Waals surface area contributed by atoms with Gasteiger partial charge in [0, 0.05) is 19.3 Å². The zero-order valence-corrected chi connectivity index (χ0v) is 11.6. The maximum Gasteiger partial charge on any atom is 0.123 e. The highest BCUT2D eigenvalue weighted by Crippen LogP contribution is 2.22. The second-order valence-electron chi connectivity index (χ2n) is 4.45. The van der Waals surface area contributed by atoms with Crippen LogP contribution in [-0.2, 0) is 4.74 Å². The lowest BCUT2D eigenvalue weighted by molar-refractivity contribution is 0.141. The van der Waals surface area contributed by atoms with Crippen molar-refractivity contribution in [3.63, 3.8) is 0 Å². The number of benzene rings is 1. The molecule has 2 nitrogen and oxygen atoms in total. The number of halogens is 1. The third-order valence-electron chi connectivity index (χ3n) is 3.04. The minimum Gasteiger partial charge on any atom is -0.382 e. The SMILES string of the molecule is CCNC(CCCOCC)c1ccc(F)cc1C. The van der Waals surface area contributed by atoms with Crippen molar-refractivity contribution in [1.82, 2.24) is 5.32 Å². The Bertz CT molecular complexity index is 354. The second kappa shape index (κ2) is 8.22. The molecule has 3 heteroatoms. The number of aryl methyl sites for hydroxylation is 1. The fourth-order valence-corrected chi connectivity index (χ4v) is 2.18. The fourth-order valence-electron chi connectivity index (χ4n) is 2.18. The standard InChI is InChI=1S/C15H24FNO/c1-4-17-15(7-6-10-18-5-2)14-9-8-13(16)11-12(14)3/h8-9,11,15,17H,4-7,10H2,1-3H3. The van der Waals surface area contributed by atoms with Crippen LogP contribution >= 0.6 is 0 Å². The van der Waals surface area contributed by atoms with Gasteiger partial charge in [-0.2, -0.15) is 0 Å². The van der Waals surface area contributed by atoms with Gasteiger partial charge in [0.1, 0.15) is 5.82 Å². The van der Waals surface area contributed by atoms with E-state index in [4.69, 9.17) is 4.74 Å². The summed E-state index contributed by atoms with van der Waals surface area (Å²) in [5, 5.41) is 3.46. The van der Waals surface area contributed by atoms with Crippen LogP contribution in [0.15, 0.2) is 18.2 Å². The first-order chi connectivity index (χ1) is 8.69. The minimum atomic E-state index is -0.166. The molecular weight excluding hydrogens is 229 g/mol. The van der Waals surface area contributed by atoms with Crippen molar-refractivity contribution >= 4 is 0 Å². The lowest BCUT2D eigenvalue weighted by Gasteiger charge is -2.20. The number of nitrogens with one attached hydrogen (secondary N) is 1. The van der Waals surface area contributed by atoms with Gasteiger partial charge in [0.05, 0.1) is 0 Å². The zero-order chi connectivity index (χ0) is 13.4. The number of ether oxygens (including phenoxy) is 1. The molecule has 0 aromatic heterocycles. The molecule has 102 valence electrons. The van der Waals surface area contributed by atoms with Crippen molar-refractivity contribution in [2.75, 3.05) is 19.8 Å². The Morgan fingerprint density at radius 3 is 2.72 bits per heavy atom. The molecule has 0 saturated heterocycles. The summed E-state index contributed by atoms with van der Waals surface area (Å²) >= 11 is 0. The van der Waals surface area contributed by atoms with E-state index in [1.165, 1.54) is 11.6 Å². The maximum absolute atomic E-state index is 13.1. The van der Waals surface area contributed by atoms with Gasteiger partial charge in [-0.25, -0.2) is 4.39 Å². The van der Waals surface area contributed by atoms with Gasteiger partial charge in [0.15, 0.2) is 0 Å². The van der Waals surface area contributed by atoms with E-state index in [0.29, 0.717) is 0 Å². The third kappa shape index (κ3) is 4.75. The van der Waals surface area contributed by atoms with E-state index >= 15 is 0 Å². The zero-order valence-electron chi connectivity index (χ0n) is 11.6. The fraction of sp³-hybridized carbons (Fsp3) is 0.600. The molecule has 0 amide bonds. The lowest BCUT2D eigenvalue weighted by Crippen LogP contribution is -2.22. The molecule has 0 aliphatic heterocycles. The van der Waals surface area contributed by atoms with Crippen LogP contribution in [0.3, 0.4) is 0 Å². The van der Waals surface area contributed by atoms with Crippen molar-refractivity contribution in [3.8, 4) is 0 Å². The lowest BCUT2D eigenvalue weighted by atomic mass is 9.97. The van der Waals surface area contributed by atoms with Crippen LogP contribution in [0.5, 0.6) is 0 Å². The first kappa shape index (κ1) is 15.1. The summed E-state index contributed by atoms with van der Waals surface area (Å²) in [6.45, 7) is 8.53. The predicted molar refractivity (Wildman–Crippen MR) is 73.3 cm³/mol. The first-order valence-electron chi connectivity index (χ1n) is 6.76. The molecule has 0 aliphatic rings. The van der Waals surface area contributed by atoms with E-state index in [1.807, 2.05) is 19.9 Å². The topological polar surface area (TPSA) is 21.3 Å². The van der Waals surface area contributed by atoms with Gasteiger partial charge in [0.2, 0.25) is 0 Å². The van der Waals surface area contributed by atoms with Crippen LogP contribution in [0.25, 0.3) is 0 Å². The molecule has 18 heavy (non-hydrogen) atoms. The smallest absolute Gasteiger partial charge is 0.123 e. The van der Waals surface area contributed by atoms with Crippen molar-refractivity contribution in [1.29, 1.82) is 0 Å². The number of hydrogen-bond donors (Lipinski definition) is 1. The van der Waals surface area contributed by atoms with Gasteiger partial charge in [-0.15, -0.1) is 0 Å². The van der Waals surface area contributed by atoms with E-state index < -0.39 is 0 Å². The van der Waals surface area contributed by atoms with Gasteiger partial charge in [-0.3, -0.25) is 0 Å². The van der Waals surface area contributed by atoms with Gasteiger partial charge in [0.25, 0.3) is 0 Å². The molecule has 1 unspecified atom stereocenters. The normalized spacial score (nSPS) is 12.7. The van der Waals surface area contributed by atoms with Crippen LogP contribution < -0.4 is 5.32 Å². The highest BCUT2D eigenvalue weighted by atomic mass is 19.1. The third-order valence-corrected chi connectivity index (χ3v) is 3.04. The minimum absolute atomic E-state index is 0.166. The van der Waals surface area contributed by atoms with Crippen LogP contribution in [0.2, 0.25) is 0 Å².